The average Bonchev–Trinajstić information content (AvgIpc) is 3.04. The average molecular weight is 371 g/mol. The molecule has 0 unspecified atom stereocenters. The number of Topliss-reactive ketones (excluding diaryl/α,β-unsaturated/α-hetero) is 1. The lowest BCUT2D eigenvalue weighted by Gasteiger charge is -2.04. The van der Waals surface area contributed by atoms with Crippen LogP contribution in [0.2, 0.25) is 5.02 Å². The number of nitrogens with one attached hydrogen (secondary N) is 1. The van der Waals surface area contributed by atoms with Crippen molar-refractivity contribution in [3.8, 4) is 10.6 Å². The first-order valence-corrected chi connectivity index (χ1v) is 8.88. The quantitative estimate of drug-likeness (QED) is 0.653. The SMILES string of the molecule is CC(=O)c1ccc(NC(=O)Cc2csc(-c3ccc(Cl)cc3)n2)cc1. The summed E-state index contributed by atoms with van der Waals surface area (Å²) in [6.45, 7) is 1.51. The smallest absolute Gasteiger partial charge is 0.230 e. The fraction of sp³-hybridized carbons (Fsp3) is 0.105. The molecule has 3 rings (SSSR count). The van der Waals surface area contributed by atoms with Gasteiger partial charge in [-0.05, 0) is 43.3 Å². The molecule has 0 fully saturated rings. The van der Waals surface area contributed by atoms with Gasteiger partial charge in [-0.2, -0.15) is 0 Å². The van der Waals surface area contributed by atoms with Gasteiger partial charge in [0.2, 0.25) is 5.91 Å². The number of hydrogen-bond acceptors (Lipinski definition) is 4. The zero-order valence-electron chi connectivity index (χ0n) is 13.5. The van der Waals surface area contributed by atoms with Crippen LogP contribution in [-0.2, 0) is 11.2 Å². The lowest BCUT2D eigenvalue weighted by Crippen LogP contribution is -2.14. The van der Waals surface area contributed by atoms with Crippen LogP contribution in [0.4, 0.5) is 5.69 Å². The molecule has 1 aromatic heterocycles. The van der Waals surface area contributed by atoms with Gasteiger partial charge in [0.1, 0.15) is 5.01 Å². The minimum Gasteiger partial charge on any atom is -0.326 e. The third-order valence-corrected chi connectivity index (χ3v) is 4.75. The van der Waals surface area contributed by atoms with Crippen LogP contribution in [0.25, 0.3) is 10.6 Å². The highest BCUT2D eigenvalue weighted by molar-refractivity contribution is 7.13. The van der Waals surface area contributed by atoms with Crippen LogP contribution in [0.5, 0.6) is 0 Å². The van der Waals surface area contributed by atoms with Gasteiger partial charge in [0.15, 0.2) is 5.78 Å². The summed E-state index contributed by atoms with van der Waals surface area (Å²) < 4.78 is 0. The van der Waals surface area contributed by atoms with Crippen molar-refractivity contribution < 1.29 is 9.59 Å². The van der Waals surface area contributed by atoms with Crippen molar-refractivity contribution in [2.24, 2.45) is 0 Å². The van der Waals surface area contributed by atoms with E-state index in [0.29, 0.717) is 22.0 Å². The Morgan fingerprint density at radius 2 is 1.76 bits per heavy atom. The van der Waals surface area contributed by atoms with E-state index >= 15 is 0 Å². The zero-order valence-corrected chi connectivity index (χ0v) is 15.0. The Labute approximate surface area is 154 Å². The van der Waals surface area contributed by atoms with Crippen molar-refractivity contribution in [2.45, 2.75) is 13.3 Å². The summed E-state index contributed by atoms with van der Waals surface area (Å²) in [5.41, 5.74) is 2.96. The summed E-state index contributed by atoms with van der Waals surface area (Å²) in [7, 11) is 0. The van der Waals surface area contributed by atoms with Gasteiger partial charge in [0.25, 0.3) is 0 Å². The van der Waals surface area contributed by atoms with E-state index in [-0.39, 0.29) is 18.1 Å². The summed E-state index contributed by atoms with van der Waals surface area (Å²) in [5, 5.41) is 6.22. The van der Waals surface area contributed by atoms with Crippen LogP contribution in [0.15, 0.2) is 53.9 Å². The predicted octanol–water partition coefficient (Wildman–Crippen LogP) is 4.85. The summed E-state index contributed by atoms with van der Waals surface area (Å²) >= 11 is 7.38. The minimum atomic E-state index is -0.150. The number of benzene rings is 2. The van der Waals surface area contributed by atoms with Crippen molar-refractivity contribution in [1.82, 2.24) is 4.98 Å². The monoisotopic (exact) mass is 370 g/mol. The molecule has 0 aliphatic rings. The van der Waals surface area contributed by atoms with Crippen LogP contribution in [0.1, 0.15) is 23.0 Å². The summed E-state index contributed by atoms with van der Waals surface area (Å²) in [6.07, 6.45) is 0.193. The number of rotatable bonds is 5. The van der Waals surface area contributed by atoms with Gasteiger partial charge in [-0.1, -0.05) is 23.7 Å². The number of hydrogen-bond donors (Lipinski definition) is 1. The number of ketones is 1. The molecule has 0 saturated heterocycles. The van der Waals surface area contributed by atoms with E-state index in [2.05, 4.69) is 10.3 Å². The fourth-order valence-corrected chi connectivity index (χ4v) is 3.22. The normalized spacial score (nSPS) is 10.5. The molecule has 1 N–H and O–H groups in total. The molecular formula is C19H15ClN2O2S. The van der Waals surface area contributed by atoms with Crippen molar-refractivity contribution in [3.63, 3.8) is 0 Å². The lowest BCUT2D eigenvalue weighted by molar-refractivity contribution is -0.115. The van der Waals surface area contributed by atoms with Crippen molar-refractivity contribution in [2.75, 3.05) is 5.32 Å². The highest BCUT2D eigenvalue weighted by atomic mass is 35.5. The second kappa shape index (κ2) is 7.59. The van der Waals surface area contributed by atoms with E-state index in [0.717, 1.165) is 10.6 Å². The van der Waals surface area contributed by atoms with Crippen LogP contribution in [0, 0.1) is 0 Å². The summed E-state index contributed by atoms with van der Waals surface area (Å²) in [6, 6.07) is 14.3. The van der Waals surface area contributed by atoms with Crippen LogP contribution < -0.4 is 5.32 Å². The van der Waals surface area contributed by atoms with Crippen molar-refractivity contribution in [3.05, 3.63) is 70.2 Å². The molecule has 0 radical (unpaired) electrons. The van der Waals surface area contributed by atoms with Gasteiger partial charge in [0.05, 0.1) is 12.1 Å². The molecule has 126 valence electrons. The molecule has 0 aliphatic carbocycles. The number of nitrogens with zero attached hydrogens (tertiary/aromatic N) is 1. The molecule has 4 nitrogen and oxygen atoms in total. The minimum absolute atomic E-state index is 0.00456. The van der Waals surface area contributed by atoms with Gasteiger partial charge >= 0.3 is 0 Å². The van der Waals surface area contributed by atoms with E-state index < -0.39 is 0 Å². The second-order valence-electron chi connectivity index (χ2n) is 5.51. The number of carbonyl (C=O) groups excluding carboxylic acids is 2. The first-order chi connectivity index (χ1) is 12.0. The number of aromatic nitrogens is 1. The molecule has 6 heteroatoms. The van der Waals surface area contributed by atoms with E-state index in [1.807, 2.05) is 29.6 Å². The Morgan fingerprint density at radius 1 is 1.08 bits per heavy atom. The van der Waals surface area contributed by atoms with Crippen LogP contribution >= 0.6 is 22.9 Å². The summed E-state index contributed by atoms with van der Waals surface area (Å²) in [4.78, 5) is 27.9. The molecule has 0 atom stereocenters. The Morgan fingerprint density at radius 3 is 2.40 bits per heavy atom. The summed E-state index contributed by atoms with van der Waals surface area (Å²) in [5.74, 6) is -0.154. The number of anilines is 1. The molecule has 2 aromatic carbocycles. The topological polar surface area (TPSA) is 59.1 Å². The predicted molar refractivity (Wildman–Crippen MR) is 101 cm³/mol. The number of amides is 1. The molecule has 25 heavy (non-hydrogen) atoms. The van der Waals surface area contributed by atoms with Gasteiger partial charge in [-0.3, -0.25) is 9.59 Å². The third-order valence-electron chi connectivity index (χ3n) is 3.56. The van der Waals surface area contributed by atoms with E-state index in [9.17, 15) is 9.59 Å². The Bertz CT molecular complexity index is 902. The Hall–Kier alpha value is -2.50. The lowest BCUT2D eigenvalue weighted by atomic mass is 10.1. The largest absolute Gasteiger partial charge is 0.326 e. The van der Waals surface area contributed by atoms with Crippen molar-refractivity contribution in [1.29, 1.82) is 0 Å². The second-order valence-corrected chi connectivity index (χ2v) is 6.80. The van der Waals surface area contributed by atoms with Gasteiger partial charge < -0.3 is 5.32 Å². The maximum Gasteiger partial charge on any atom is 0.230 e. The molecule has 0 spiro atoms. The maximum atomic E-state index is 12.2. The highest BCUT2D eigenvalue weighted by Gasteiger charge is 2.10. The van der Waals surface area contributed by atoms with E-state index in [4.69, 9.17) is 11.6 Å². The highest BCUT2D eigenvalue weighted by Crippen LogP contribution is 2.25. The molecular weight excluding hydrogens is 356 g/mol. The first kappa shape index (κ1) is 17.3. The molecule has 0 saturated carbocycles. The molecule has 0 aliphatic heterocycles. The fourth-order valence-electron chi connectivity index (χ4n) is 2.27. The standard InChI is InChI=1S/C19H15ClN2O2S/c1-12(23)13-4-8-16(9-5-13)21-18(24)10-17-11-25-19(22-17)14-2-6-15(20)7-3-14/h2-9,11H,10H2,1H3,(H,21,24). The molecule has 3 aromatic rings. The third kappa shape index (κ3) is 4.53. The Kier molecular flexibility index (Phi) is 5.26. The van der Waals surface area contributed by atoms with Gasteiger partial charge in [-0.25, -0.2) is 4.98 Å². The number of halogens is 1. The molecule has 0 bridgehead atoms. The van der Waals surface area contributed by atoms with E-state index in [1.165, 1.54) is 18.3 Å². The number of carbonyl (C=O) groups is 2. The Balaban J connectivity index is 1.63. The molecule has 1 heterocycles. The van der Waals surface area contributed by atoms with Gasteiger partial charge in [-0.15, -0.1) is 11.3 Å². The van der Waals surface area contributed by atoms with E-state index in [1.54, 1.807) is 24.3 Å². The van der Waals surface area contributed by atoms with Crippen LogP contribution in [-0.4, -0.2) is 16.7 Å². The first-order valence-electron chi connectivity index (χ1n) is 7.62. The van der Waals surface area contributed by atoms with Crippen LogP contribution in [0.3, 0.4) is 0 Å². The zero-order chi connectivity index (χ0) is 17.8. The maximum absolute atomic E-state index is 12.2. The molecule has 1 amide bonds. The van der Waals surface area contributed by atoms with Gasteiger partial charge in [0, 0.05) is 27.2 Å². The number of thiazole rings is 1. The van der Waals surface area contributed by atoms with Crippen molar-refractivity contribution >= 4 is 40.3 Å².